The van der Waals surface area contributed by atoms with Gasteiger partial charge in [0.05, 0.1) is 0 Å². The second-order valence-corrected chi connectivity index (χ2v) is 3.38. The number of carbonyl (C=O) groups is 3. The molecule has 0 heterocycles. The van der Waals surface area contributed by atoms with E-state index in [4.69, 9.17) is 10.2 Å². The highest BCUT2D eigenvalue weighted by molar-refractivity contribution is 5.88. The number of carbonyl (C=O) groups excluding carboxylic acids is 3. The molecule has 6 heteroatoms. The molecule has 0 saturated heterocycles. The third kappa shape index (κ3) is 14.5. The van der Waals surface area contributed by atoms with E-state index in [9.17, 15) is 14.4 Å². The second-order valence-electron chi connectivity index (χ2n) is 3.38. The van der Waals surface area contributed by atoms with E-state index in [1.54, 1.807) is 0 Å². The van der Waals surface area contributed by atoms with Crippen LogP contribution >= 0.6 is 0 Å². The minimum Gasteiger partial charge on any atom is -0.376 e. The average molecular weight is 245 g/mol. The second kappa shape index (κ2) is 11.0. The predicted octanol–water partition coefficient (Wildman–Crippen LogP) is -0.155. The van der Waals surface area contributed by atoms with Gasteiger partial charge in [0.15, 0.2) is 0 Å². The van der Waals surface area contributed by atoms with Gasteiger partial charge in [-0.25, -0.2) is 0 Å². The van der Waals surface area contributed by atoms with Crippen LogP contribution < -0.4 is 0 Å². The molecule has 0 aromatic rings. The highest BCUT2D eigenvalue weighted by Gasteiger charge is 2.05. The van der Waals surface area contributed by atoms with Crippen molar-refractivity contribution in [3.8, 4) is 0 Å². The number of Topliss-reactive ketones (excluding diaryl/α,β-unsaturated/α-hetero) is 2. The molecule has 0 atom stereocenters. The fourth-order valence-electron chi connectivity index (χ4n) is 0.615. The van der Waals surface area contributed by atoms with E-state index in [0.29, 0.717) is 0 Å². The molecule has 0 aliphatic rings. The van der Waals surface area contributed by atoms with Crippen LogP contribution in [0.4, 0.5) is 0 Å². The zero-order valence-corrected chi connectivity index (χ0v) is 10.3. The summed E-state index contributed by atoms with van der Waals surface area (Å²) in [6.07, 6.45) is 2.72. The van der Waals surface area contributed by atoms with Gasteiger partial charge < -0.3 is 15.0 Å². The summed E-state index contributed by atoms with van der Waals surface area (Å²) in [6, 6.07) is 0. The molecule has 0 bridgehead atoms. The van der Waals surface area contributed by atoms with E-state index in [0.717, 1.165) is 11.0 Å². The van der Waals surface area contributed by atoms with Crippen LogP contribution in [0.1, 0.15) is 27.2 Å². The number of rotatable bonds is 5. The quantitative estimate of drug-likeness (QED) is 0.518. The first-order chi connectivity index (χ1) is 7.84. The van der Waals surface area contributed by atoms with E-state index in [1.165, 1.54) is 26.8 Å². The van der Waals surface area contributed by atoms with Crippen molar-refractivity contribution in [2.24, 2.45) is 0 Å². The van der Waals surface area contributed by atoms with Crippen molar-refractivity contribution >= 4 is 17.5 Å². The molecule has 0 aliphatic heterocycles. The first kappa shape index (κ1) is 17.9. The molecule has 0 fully saturated rings. The van der Waals surface area contributed by atoms with Crippen molar-refractivity contribution in [3.63, 3.8) is 0 Å². The van der Waals surface area contributed by atoms with Crippen LogP contribution in [0, 0.1) is 0 Å². The van der Waals surface area contributed by atoms with E-state index in [-0.39, 0.29) is 18.0 Å². The van der Waals surface area contributed by atoms with Crippen LogP contribution in [0.2, 0.25) is 0 Å². The lowest BCUT2D eigenvalue weighted by atomic mass is 10.3. The maximum absolute atomic E-state index is 11.0. The van der Waals surface area contributed by atoms with Crippen molar-refractivity contribution in [1.29, 1.82) is 0 Å². The number of aliphatic hydroxyl groups excluding tert-OH is 2. The molecule has 0 spiro atoms. The van der Waals surface area contributed by atoms with Crippen LogP contribution in [0.25, 0.3) is 0 Å². The number of ketones is 2. The van der Waals surface area contributed by atoms with Crippen LogP contribution in [0.5, 0.6) is 0 Å². The first-order valence-corrected chi connectivity index (χ1v) is 4.98. The van der Waals surface area contributed by atoms with Crippen molar-refractivity contribution in [2.75, 3.05) is 13.5 Å². The molecule has 0 aromatic heterocycles. The number of amides is 1. The number of nitrogens with zero attached hydrogens (tertiary/aromatic N) is 1. The Kier molecular flexibility index (Phi) is 11.5. The summed E-state index contributed by atoms with van der Waals surface area (Å²) in [5.41, 5.74) is 0. The topological polar surface area (TPSA) is 94.9 Å². The van der Waals surface area contributed by atoms with E-state index < -0.39 is 19.4 Å². The fourth-order valence-corrected chi connectivity index (χ4v) is 0.615. The van der Waals surface area contributed by atoms with Gasteiger partial charge in [-0.3, -0.25) is 14.5 Å². The Morgan fingerprint density at radius 1 is 1.06 bits per heavy atom. The Balaban J connectivity index is 0. The van der Waals surface area contributed by atoms with Gasteiger partial charge in [-0.05, 0) is 26.8 Å². The monoisotopic (exact) mass is 245 g/mol. The van der Waals surface area contributed by atoms with E-state index >= 15 is 0 Å². The summed E-state index contributed by atoms with van der Waals surface area (Å²) in [5.74, 6) is -0.408. The minimum atomic E-state index is -0.542. The lowest BCUT2D eigenvalue weighted by Gasteiger charge is -2.13. The summed E-state index contributed by atoms with van der Waals surface area (Å²) in [7, 11) is 0. The van der Waals surface area contributed by atoms with Gasteiger partial charge in [0.25, 0.3) is 0 Å². The molecule has 0 aromatic carbocycles. The normalized spacial score (nSPS) is 9.47. The standard InChI is InChI=1S/C8H13NO4.C3H6O/c1-7(12)3-2-4-8(13)9(5-10)6-11;1-3(2)4/h2,4,10-11H,3,5-6H2,1H3;1-2H3. The SMILES string of the molecule is CC(=O)CC=CC(=O)N(CO)CO.CC(C)=O. The number of hydrogen-bond donors (Lipinski definition) is 2. The smallest absolute Gasteiger partial charge is 0.249 e. The third-order valence-corrected chi connectivity index (χ3v) is 1.32. The molecule has 2 N–H and O–H groups in total. The van der Waals surface area contributed by atoms with E-state index in [2.05, 4.69) is 0 Å². The fraction of sp³-hybridized carbons (Fsp3) is 0.545. The largest absolute Gasteiger partial charge is 0.376 e. The Hall–Kier alpha value is -1.53. The predicted molar refractivity (Wildman–Crippen MR) is 61.8 cm³/mol. The molecule has 98 valence electrons. The van der Waals surface area contributed by atoms with Crippen LogP contribution in [0.3, 0.4) is 0 Å². The Bertz CT molecular complexity index is 278. The number of aliphatic hydroxyl groups is 2. The van der Waals surface area contributed by atoms with E-state index in [1.807, 2.05) is 0 Å². The highest BCUT2D eigenvalue weighted by Crippen LogP contribution is 1.90. The van der Waals surface area contributed by atoms with Crippen molar-refractivity contribution in [3.05, 3.63) is 12.2 Å². The van der Waals surface area contributed by atoms with Crippen LogP contribution in [0.15, 0.2) is 12.2 Å². The van der Waals surface area contributed by atoms with Crippen LogP contribution in [-0.2, 0) is 14.4 Å². The summed E-state index contributed by atoms with van der Waals surface area (Å²) >= 11 is 0. The molecule has 0 unspecified atom stereocenters. The van der Waals surface area contributed by atoms with Gasteiger partial charge >= 0.3 is 0 Å². The summed E-state index contributed by atoms with van der Waals surface area (Å²) < 4.78 is 0. The molecule has 0 radical (unpaired) electrons. The molecule has 6 nitrogen and oxygen atoms in total. The lowest BCUT2D eigenvalue weighted by molar-refractivity contribution is -0.134. The third-order valence-electron chi connectivity index (χ3n) is 1.32. The molecule has 0 saturated carbocycles. The minimum absolute atomic E-state index is 0.0522. The molecule has 0 aliphatic carbocycles. The number of allylic oxidation sites excluding steroid dienone is 1. The van der Waals surface area contributed by atoms with Crippen molar-refractivity contribution in [1.82, 2.24) is 4.90 Å². The Morgan fingerprint density at radius 2 is 1.47 bits per heavy atom. The highest BCUT2D eigenvalue weighted by atomic mass is 16.3. The Labute approximate surface area is 101 Å². The first-order valence-electron chi connectivity index (χ1n) is 4.98. The summed E-state index contributed by atoms with van der Waals surface area (Å²) in [5, 5.41) is 17.1. The maximum atomic E-state index is 11.0. The Morgan fingerprint density at radius 3 is 1.76 bits per heavy atom. The zero-order valence-electron chi connectivity index (χ0n) is 10.3. The van der Waals surface area contributed by atoms with Crippen LogP contribution in [-0.4, -0.2) is 46.0 Å². The molecular formula is C11H19NO5. The number of hydrogen-bond acceptors (Lipinski definition) is 5. The van der Waals surface area contributed by atoms with Gasteiger partial charge in [0, 0.05) is 6.42 Å². The van der Waals surface area contributed by atoms with Gasteiger partial charge in [0.1, 0.15) is 25.0 Å². The lowest BCUT2D eigenvalue weighted by Crippen LogP contribution is -2.31. The summed E-state index contributed by atoms with van der Waals surface area (Å²) in [6.45, 7) is 3.38. The van der Waals surface area contributed by atoms with Gasteiger partial charge in [-0.15, -0.1) is 0 Å². The maximum Gasteiger partial charge on any atom is 0.249 e. The molecule has 17 heavy (non-hydrogen) atoms. The van der Waals surface area contributed by atoms with Crippen molar-refractivity contribution < 1.29 is 24.6 Å². The van der Waals surface area contributed by atoms with Gasteiger partial charge in [0.2, 0.25) is 5.91 Å². The summed E-state index contributed by atoms with van der Waals surface area (Å²) in [4.78, 5) is 31.7. The zero-order chi connectivity index (χ0) is 13.8. The molecular weight excluding hydrogens is 226 g/mol. The molecule has 0 rings (SSSR count). The van der Waals surface area contributed by atoms with Gasteiger partial charge in [-0.1, -0.05) is 6.08 Å². The molecule has 1 amide bonds. The average Bonchev–Trinajstić information content (AvgIpc) is 2.18. The van der Waals surface area contributed by atoms with Crippen molar-refractivity contribution in [2.45, 2.75) is 27.2 Å². The van der Waals surface area contributed by atoms with Gasteiger partial charge in [-0.2, -0.15) is 0 Å².